The van der Waals surface area contributed by atoms with Crippen molar-refractivity contribution in [1.82, 2.24) is 10.2 Å². The van der Waals surface area contributed by atoms with E-state index in [1.165, 1.54) is 51.7 Å². The molecule has 0 aromatic rings. The van der Waals surface area contributed by atoms with Gasteiger partial charge < -0.3 is 10.1 Å². The van der Waals surface area contributed by atoms with Crippen LogP contribution < -0.4 is 5.32 Å². The predicted molar refractivity (Wildman–Crippen MR) is 60.0 cm³/mol. The lowest BCUT2D eigenvalue weighted by molar-refractivity contribution is 0.0420. The molecule has 0 bridgehead atoms. The van der Waals surface area contributed by atoms with Crippen molar-refractivity contribution < 1.29 is 4.74 Å². The summed E-state index contributed by atoms with van der Waals surface area (Å²) in [6.45, 7) is 4.57. The standard InChI is InChI=1S/C12H22N2O/c1-4-11-12(5-1)14(7-6-13-11)9-10-3-2-8-15-10/h10-13H,1-9H2/t10-,11-,12-/m0/s1. The Morgan fingerprint density at radius 3 is 3.07 bits per heavy atom. The van der Waals surface area contributed by atoms with E-state index in [0.717, 1.165) is 18.7 Å². The second-order valence-corrected chi connectivity index (χ2v) is 5.19. The molecule has 3 nitrogen and oxygen atoms in total. The zero-order valence-corrected chi connectivity index (χ0v) is 9.45. The van der Waals surface area contributed by atoms with Gasteiger partial charge in [0.2, 0.25) is 0 Å². The average molecular weight is 210 g/mol. The maximum Gasteiger partial charge on any atom is 0.0702 e. The van der Waals surface area contributed by atoms with Crippen LogP contribution in [0.2, 0.25) is 0 Å². The molecule has 86 valence electrons. The van der Waals surface area contributed by atoms with Crippen molar-refractivity contribution in [3.05, 3.63) is 0 Å². The molecule has 0 aromatic carbocycles. The molecular formula is C12H22N2O. The van der Waals surface area contributed by atoms with Gasteiger partial charge in [-0.1, -0.05) is 6.42 Å². The number of fused-ring (bicyclic) bond motifs is 1. The van der Waals surface area contributed by atoms with Crippen LogP contribution in [0, 0.1) is 0 Å². The molecule has 2 saturated heterocycles. The van der Waals surface area contributed by atoms with E-state index in [0.29, 0.717) is 6.10 Å². The largest absolute Gasteiger partial charge is 0.377 e. The summed E-state index contributed by atoms with van der Waals surface area (Å²) >= 11 is 0. The van der Waals surface area contributed by atoms with Crippen LogP contribution in [-0.2, 0) is 4.74 Å². The number of rotatable bonds is 2. The molecule has 15 heavy (non-hydrogen) atoms. The highest BCUT2D eigenvalue weighted by molar-refractivity contribution is 4.94. The molecule has 0 spiro atoms. The van der Waals surface area contributed by atoms with Crippen molar-refractivity contribution >= 4 is 0 Å². The second kappa shape index (κ2) is 4.40. The lowest BCUT2D eigenvalue weighted by atomic mass is 10.1. The molecule has 0 unspecified atom stereocenters. The maximum atomic E-state index is 5.74. The third kappa shape index (κ3) is 2.05. The van der Waals surface area contributed by atoms with Crippen LogP contribution in [0.25, 0.3) is 0 Å². The van der Waals surface area contributed by atoms with Crippen LogP contribution >= 0.6 is 0 Å². The fraction of sp³-hybridized carbons (Fsp3) is 1.00. The zero-order valence-electron chi connectivity index (χ0n) is 9.45. The molecule has 0 amide bonds. The van der Waals surface area contributed by atoms with Crippen LogP contribution in [0.1, 0.15) is 32.1 Å². The van der Waals surface area contributed by atoms with Gasteiger partial charge in [0.25, 0.3) is 0 Å². The van der Waals surface area contributed by atoms with Crippen molar-refractivity contribution in [2.75, 3.05) is 26.2 Å². The van der Waals surface area contributed by atoms with Crippen molar-refractivity contribution in [1.29, 1.82) is 0 Å². The predicted octanol–water partition coefficient (Wildman–Crippen LogP) is 0.992. The summed E-state index contributed by atoms with van der Waals surface area (Å²) < 4.78 is 5.74. The third-order valence-corrected chi connectivity index (χ3v) is 4.22. The summed E-state index contributed by atoms with van der Waals surface area (Å²) in [4.78, 5) is 2.68. The number of piperazine rings is 1. The molecule has 1 saturated carbocycles. The monoisotopic (exact) mass is 210 g/mol. The van der Waals surface area contributed by atoms with E-state index in [1.54, 1.807) is 0 Å². The van der Waals surface area contributed by atoms with Gasteiger partial charge >= 0.3 is 0 Å². The van der Waals surface area contributed by atoms with E-state index in [9.17, 15) is 0 Å². The van der Waals surface area contributed by atoms with E-state index in [1.807, 2.05) is 0 Å². The molecular weight excluding hydrogens is 188 g/mol. The first kappa shape index (κ1) is 10.1. The molecule has 3 atom stereocenters. The van der Waals surface area contributed by atoms with Crippen molar-refractivity contribution in [2.45, 2.75) is 50.3 Å². The van der Waals surface area contributed by atoms with Gasteiger partial charge in [-0.05, 0) is 25.7 Å². The number of nitrogens with one attached hydrogen (secondary N) is 1. The Bertz CT molecular complexity index is 216. The van der Waals surface area contributed by atoms with Crippen molar-refractivity contribution in [3.63, 3.8) is 0 Å². The smallest absolute Gasteiger partial charge is 0.0702 e. The summed E-state index contributed by atoms with van der Waals surface area (Å²) in [5.74, 6) is 0. The lowest BCUT2D eigenvalue weighted by Gasteiger charge is -2.39. The van der Waals surface area contributed by atoms with E-state index < -0.39 is 0 Å². The van der Waals surface area contributed by atoms with Gasteiger partial charge in [0.15, 0.2) is 0 Å². The Labute approximate surface area is 92.2 Å². The Balaban J connectivity index is 1.59. The average Bonchev–Trinajstić information content (AvgIpc) is 2.87. The van der Waals surface area contributed by atoms with Gasteiger partial charge in [-0.2, -0.15) is 0 Å². The summed E-state index contributed by atoms with van der Waals surface area (Å²) in [6.07, 6.45) is 7.26. The van der Waals surface area contributed by atoms with Crippen molar-refractivity contribution in [2.24, 2.45) is 0 Å². The third-order valence-electron chi connectivity index (χ3n) is 4.22. The highest BCUT2D eigenvalue weighted by Crippen LogP contribution is 2.27. The molecule has 2 aliphatic heterocycles. The summed E-state index contributed by atoms with van der Waals surface area (Å²) in [5.41, 5.74) is 0. The topological polar surface area (TPSA) is 24.5 Å². The molecule has 0 radical (unpaired) electrons. The molecule has 3 aliphatic rings. The van der Waals surface area contributed by atoms with Crippen LogP contribution in [0.3, 0.4) is 0 Å². The van der Waals surface area contributed by atoms with Crippen LogP contribution in [0.5, 0.6) is 0 Å². The number of hydrogen-bond acceptors (Lipinski definition) is 3. The van der Waals surface area contributed by atoms with Gasteiger partial charge in [0, 0.05) is 38.3 Å². The molecule has 3 fully saturated rings. The summed E-state index contributed by atoms with van der Waals surface area (Å²) in [6, 6.07) is 1.59. The maximum absolute atomic E-state index is 5.74. The Hall–Kier alpha value is -0.120. The van der Waals surface area contributed by atoms with E-state index in [-0.39, 0.29) is 0 Å². The Morgan fingerprint density at radius 2 is 2.20 bits per heavy atom. The van der Waals surface area contributed by atoms with Gasteiger partial charge in [-0.15, -0.1) is 0 Å². The first-order valence-electron chi connectivity index (χ1n) is 6.52. The Morgan fingerprint density at radius 1 is 1.20 bits per heavy atom. The first-order chi connectivity index (χ1) is 7.43. The van der Waals surface area contributed by atoms with Gasteiger partial charge in [0.05, 0.1) is 6.10 Å². The SMILES string of the molecule is C1CO[C@H](CN2CCN[C@H]3CCC[C@@H]32)C1. The first-order valence-corrected chi connectivity index (χ1v) is 6.52. The highest BCUT2D eigenvalue weighted by Gasteiger charge is 2.35. The van der Waals surface area contributed by atoms with E-state index in [2.05, 4.69) is 10.2 Å². The highest BCUT2D eigenvalue weighted by atomic mass is 16.5. The fourth-order valence-electron chi connectivity index (χ4n) is 3.45. The molecule has 1 aliphatic carbocycles. The fourth-order valence-corrected chi connectivity index (χ4v) is 3.45. The quantitative estimate of drug-likeness (QED) is 0.735. The normalized spacial score (nSPS) is 42.0. The second-order valence-electron chi connectivity index (χ2n) is 5.19. The van der Waals surface area contributed by atoms with E-state index >= 15 is 0 Å². The lowest BCUT2D eigenvalue weighted by Crippen LogP contribution is -2.56. The minimum Gasteiger partial charge on any atom is -0.377 e. The molecule has 0 aromatic heterocycles. The molecule has 2 heterocycles. The molecule has 3 rings (SSSR count). The van der Waals surface area contributed by atoms with Crippen molar-refractivity contribution in [3.8, 4) is 0 Å². The number of hydrogen-bond donors (Lipinski definition) is 1. The molecule has 3 heteroatoms. The van der Waals surface area contributed by atoms with Gasteiger partial charge in [-0.25, -0.2) is 0 Å². The van der Waals surface area contributed by atoms with Gasteiger partial charge in [-0.3, -0.25) is 4.90 Å². The summed E-state index contributed by atoms with van der Waals surface area (Å²) in [5, 5.41) is 3.65. The zero-order chi connectivity index (χ0) is 10.1. The molecule has 1 N–H and O–H groups in total. The van der Waals surface area contributed by atoms with Crippen LogP contribution in [-0.4, -0.2) is 49.3 Å². The number of nitrogens with zero attached hydrogens (tertiary/aromatic N) is 1. The summed E-state index contributed by atoms with van der Waals surface area (Å²) in [7, 11) is 0. The minimum absolute atomic E-state index is 0.532. The van der Waals surface area contributed by atoms with Crippen LogP contribution in [0.15, 0.2) is 0 Å². The Kier molecular flexibility index (Phi) is 2.95. The van der Waals surface area contributed by atoms with Gasteiger partial charge in [0.1, 0.15) is 0 Å². The number of ether oxygens (including phenoxy) is 1. The van der Waals surface area contributed by atoms with Crippen LogP contribution in [0.4, 0.5) is 0 Å². The minimum atomic E-state index is 0.532. The van der Waals surface area contributed by atoms with E-state index in [4.69, 9.17) is 4.74 Å².